The van der Waals surface area contributed by atoms with Gasteiger partial charge >= 0.3 is 0 Å². The normalized spacial score (nSPS) is 12.2. The summed E-state index contributed by atoms with van der Waals surface area (Å²) in [4.78, 5) is 11.0. The van der Waals surface area contributed by atoms with Crippen LogP contribution in [0.5, 0.6) is 0 Å². The van der Waals surface area contributed by atoms with Crippen molar-refractivity contribution in [1.29, 1.82) is 0 Å². The van der Waals surface area contributed by atoms with Crippen molar-refractivity contribution in [1.82, 2.24) is 0 Å². The molecule has 0 unspecified atom stereocenters. The molecule has 0 atom stereocenters. The van der Waals surface area contributed by atoms with Crippen LogP contribution in [0.25, 0.3) is 0 Å². The number of rotatable bonds is 2. The Morgan fingerprint density at radius 2 is 1.08 bits per heavy atom. The van der Waals surface area contributed by atoms with Crippen LogP contribution in [0.15, 0.2) is 0 Å². The summed E-state index contributed by atoms with van der Waals surface area (Å²) in [5.41, 5.74) is 0. The maximum Gasteiger partial charge on any atom is 0.197 e. The van der Waals surface area contributed by atoms with Gasteiger partial charge in [-0.25, -0.2) is 0 Å². The SMILES string of the molecule is O=C(CC(Cl)(Cl)Cl)CC(Cl)(Cl)Cl.[Cu]. The summed E-state index contributed by atoms with van der Waals surface area (Å²) in [6, 6.07) is 0. The molecule has 0 fully saturated rings. The van der Waals surface area contributed by atoms with Crippen LogP contribution in [0.1, 0.15) is 12.8 Å². The molecule has 0 amide bonds. The molecule has 8 heteroatoms. The molecule has 0 saturated heterocycles. The minimum Gasteiger partial charge on any atom is -0.299 e. The molecule has 13 heavy (non-hydrogen) atoms. The number of halogens is 6. The van der Waals surface area contributed by atoms with Crippen LogP contribution in [0.2, 0.25) is 0 Å². The summed E-state index contributed by atoms with van der Waals surface area (Å²) in [5.74, 6) is -0.407. The van der Waals surface area contributed by atoms with Gasteiger partial charge in [0.1, 0.15) is 5.78 Å². The van der Waals surface area contributed by atoms with E-state index in [9.17, 15) is 4.79 Å². The van der Waals surface area contributed by atoms with Crippen molar-refractivity contribution in [2.75, 3.05) is 0 Å². The van der Waals surface area contributed by atoms with Crippen LogP contribution in [0.4, 0.5) is 0 Å². The fourth-order valence-corrected chi connectivity index (χ4v) is 1.40. The van der Waals surface area contributed by atoms with Crippen molar-refractivity contribution in [2.45, 2.75) is 20.4 Å². The van der Waals surface area contributed by atoms with Crippen LogP contribution in [-0.2, 0) is 21.9 Å². The van der Waals surface area contributed by atoms with Gasteiger partial charge in [-0.1, -0.05) is 69.6 Å². The summed E-state index contributed by atoms with van der Waals surface area (Å²) in [6.45, 7) is 0. The molecule has 0 bridgehead atoms. The standard InChI is InChI=1S/C5H4Cl6O.Cu/c6-4(7,8)1-3(12)2-5(9,10)11;/h1-2H2;. The molecule has 1 radical (unpaired) electrons. The van der Waals surface area contributed by atoms with E-state index in [1.165, 1.54) is 0 Å². The molecule has 1 nitrogen and oxygen atoms in total. The molecule has 0 heterocycles. The Morgan fingerprint density at radius 1 is 0.846 bits per heavy atom. The first-order valence-corrected chi connectivity index (χ1v) is 5.02. The van der Waals surface area contributed by atoms with E-state index in [-0.39, 0.29) is 29.9 Å². The van der Waals surface area contributed by atoms with Crippen molar-refractivity contribution in [2.24, 2.45) is 0 Å². The number of alkyl halides is 6. The Bertz CT molecular complexity index is 153. The van der Waals surface area contributed by atoms with Crippen molar-refractivity contribution in [3.8, 4) is 0 Å². The third-order valence-corrected chi connectivity index (χ3v) is 1.60. The van der Waals surface area contributed by atoms with E-state index in [0.717, 1.165) is 0 Å². The van der Waals surface area contributed by atoms with Crippen molar-refractivity contribution >= 4 is 75.4 Å². The summed E-state index contributed by atoms with van der Waals surface area (Å²) in [7, 11) is 0. The first kappa shape index (κ1) is 17.3. The largest absolute Gasteiger partial charge is 0.299 e. The van der Waals surface area contributed by atoms with Gasteiger partial charge in [0.15, 0.2) is 7.59 Å². The van der Waals surface area contributed by atoms with Gasteiger partial charge in [0, 0.05) is 17.1 Å². The van der Waals surface area contributed by atoms with E-state index >= 15 is 0 Å². The molecule has 0 aromatic heterocycles. The smallest absolute Gasteiger partial charge is 0.197 e. The predicted molar refractivity (Wildman–Crippen MR) is 54.8 cm³/mol. The third-order valence-electron chi connectivity index (χ3n) is 0.795. The van der Waals surface area contributed by atoms with Gasteiger partial charge in [-0.15, -0.1) is 0 Å². The summed E-state index contributed by atoms with van der Waals surface area (Å²) in [5, 5.41) is 0. The predicted octanol–water partition coefficient (Wildman–Crippen LogP) is 4.07. The molecule has 0 saturated carbocycles. The zero-order valence-corrected chi connectivity index (χ0v) is 11.4. The summed E-state index contributed by atoms with van der Waals surface area (Å²) < 4.78 is -3.24. The summed E-state index contributed by atoms with van der Waals surface area (Å²) in [6.07, 6.45) is -0.517. The Balaban J connectivity index is 0. The van der Waals surface area contributed by atoms with Crippen LogP contribution in [0, 0.1) is 0 Å². The fraction of sp³-hybridized carbons (Fsp3) is 0.800. The maximum absolute atomic E-state index is 11.0. The number of Topliss-reactive ketones (excluding diaryl/α,β-unsaturated/α-hetero) is 1. The van der Waals surface area contributed by atoms with Gasteiger partial charge in [0.05, 0.1) is 12.8 Å². The number of hydrogen-bond donors (Lipinski definition) is 0. The zero-order chi connectivity index (χ0) is 9.99. The van der Waals surface area contributed by atoms with Crippen molar-refractivity contribution in [3.05, 3.63) is 0 Å². The number of ketones is 1. The molecule has 0 aromatic rings. The molecular weight excluding hydrogens is 352 g/mol. The van der Waals surface area contributed by atoms with Gasteiger partial charge in [0.25, 0.3) is 0 Å². The van der Waals surface area contributed by atoms with E-state index in [0.29, 0.717) is 0 Å². The first-order valence-electron chi connectivity index (χ1n) is 2.75. The number of carbonyl (C=O) groups excluding carboxylic acids is 1. The molecule has 0 rings (SSSR count). The Labute approximate surface area is 117 Å². The first-order chi connectivity index (χ1) is 5.10. The Kier molecular flexibility index (Phi) is 8.66. The van der Waals surface area contributed by atoms with Gasteiger partial charge in [-0.05, 0) is 0 Å². The van der Waals surface area contributed by atoms with Crippen LogP contribution >= 0.6 is 69.6 Å². The van der Waals surface area contributed by atoms with E-state index in [4.69, 9.17) is 69.6 Å². The van der Waals surface area contributed by atoms with Crippen molar-refractivity contribution in [3.63, 3.8) is 0 Å². The molecule has 0 aliphatic rings. The fourth-order valence-electron chi connectivity index (χ4n) is 0.510. The van der Waals surface area contributed by atoms with Crippen molar-refractivity contribution < 1.29 is 21.9 Å². The Morgan fingerprint density at radius 3 is 1.23 bits per heavy atom. The minimum atomic E-state index is -1.62. The average Bonchev–Trinajstić information content (AvgIpc) is 1.49. The monoisotopic (exact) mass is 353 g/mol. The molecule has 0 spiro atoms. The zero-order valence-electron chi connectivity index (χ0n) is 5.89. The van der Waals surface area contributed by atoms with E-state index in [1.807, 2.05) is 0 Å². The minimum absolute atomic E-state index is 0. The van der Waals surface area contributed by atoms with E-state index in [1.54, 1.807) is 0 Å². The van der Waals surface area contributed by atoms with Gasteiger partial charge in [-0.3, -0.25) is 4.79 Å². The second-order valence-corrected chi connectivity index (χ2v) is 7.15. The van der Waals surface area contributed by atoms with E-state index in [2.05, 4.69) is 0 Å². The molecule has 83 valence electrons. The molecule has 0 N–H and O–H groups in total. The van der Waals surface area contributed by atoms with Gasteiger partial charge in [0.2, 0.25) is 0 Å². The topological polar surface area (TPSA) is 17.1 Å². The number of hydrogen-bond acceptors (Lipinski definition) is 1. The molecule has 0 aromatic carbocycles. The summed E-state index contributed by atoms with van der Waals surface area (Å²) >= 11 is 32.0. The second-order valence-electron chi connectivity index (χ2n) is 2.12. The average molecular weight is 356 g/mol. The Hall–Kier alpha value is 1.93. The van der Waals surface area contributed by atoms with Gasteiger partial charge < -0.3 is 0 Å². The maximum atomic E-state index is 11.0. The van der Waals surface area contributed by atoms with E-state index < -0.39 is 13.4 Å². The molecular formula is C5H4Cl6CuO. The molecule has 0 aliphatic heterocycles. The number of carbonyl (C=O) groups is 1. The van der Waals surface area contributed by atoms with Crippen LogP contribution in [0.3, 0.4) is 0 Å². The second kappa shape index (κ2) is 6.50. The molecule has 0 aliphatic carbocycles. The van der Waals surface area contributed by atoms with Gasteiger partial charge in [-0.2, -0.15) is 0 Å². The third kappa shape index (κ3) is 13.9. The quantitative estimate of drug-likeness (QED) is 0.538. The van der Waals surface area contributed by atoms with Crippen LogP contribution in [-0.4, -0.2) is 13.4 Å². The van der Waals surface area contributed by atoms with Crippen LogP contribution < -0.4 is 0 Å².